The van der Waals surface area contributed by atoms with Gasteiger partial charge in [0.15, 0.2) is 0 Å². The zero-order valence-electron chi connectivity index (χ0n) is 8.35. The Labute approximate surface area is 74.2 Å². The van der Waals surface area contributed by atoms with E-state index in [0.29, 0.717) is 6.42 Å². The first-order valence-electron chi connectivity index (χ1n) is 4.33. The molecule has 0 rings (SSSR count). The number of hydrogen-bond acceptors (Lipinski definition) is 2. The fraction of sp³-hybridized carbons (Fsp3) is 0.889. The normalized spacial score (nSPS) is 14.3. The Morgan fingerprint density at radius 2 is 2.00 bits per heavy atom. The number of aliphatic carboxylic acids is 1. The van der Waals surface area contributed by atoms with Crippen LogP contribution in [0.2, 0.25) is 0 Å². The first-order valence-corrected chi connectivity index (χ1v) is 4.33. The van der Waals surface area contributed by atoms with E-state index < -0.39 is 12.0 Å². The van der Waals surface area contributed by atoms with Gasteiger partial charge in [-0.05, 0) is 11.8 Å². The van der Waals surface area contributed by atoms with E-state index in [1.165, 1.54) is 0 Å². The van der Waals surface area contributed by atoms with E-state index in [-0.39, 0.29) is 5.41 Å². The molecular formula is C9H19NO2. The van der Waals surface area contributed by atoms with Gasteiger partial charge in [0, 0.05) is 6.54 Å². The van der Waals surface area contributed by atoms with Crippen LogP contribution in [0.3, 0.4) is 0 Å². The molecule has 0 heterocycles. The second-order valence-electron chi connectivity index (χ2n) is 4.24. The first-order chi connectivity index (χ1) is 5.37. The molecule has 0 aliphatic carbocycles. The van der Waals surface area contributed by atoms with Crippen LogP contribution < -0.4 is 5.32 Å². The lowest BCUT2D eigenvalue weighted by atomic mass is 9.96. The molecule has 0 fully saturated rings. The van der Waals surface area contributed by atoms with Crippen LogP contribution in [-0.4, -0.2) is 23.7 Å². The Morgan fingerprint density at radius 1 is 1.50 bits per heavy atom. The summed E-state index contributed by atoms with van der Waals surface area (Å²) in [5.41, 5.74) is 0.142. The highest BCUT2D eigenvalue weighted by Gasteiger charge is 2.17. The number of carboxylic acid groups (broad SMARTS) is 1. The van der Waals surface area contributed by atoms with Crippen LogP contribution in [0.1, 0.15) is 34.1 Å². The fourth-order valence-corrected chi connectivity index (χ4v) is 0.836. The van der Waals surface area contributed by atoms with Gasteiger partial charge in [-0.3, -0.25) is 4.79 Å². The fourth-order valence-electron chi connectivity index (χ4n) is 0.836. The van der Waals surface area contributed by atoms with Gasteiger partial charge in [0.1, 0.15) is 6.04 Å². The van der Waals surface area contributed by atoms with Crippen molar-refractivity contribution in [2.24, 2.45) is 5.41 Å². The molecule has 0 aromatic carbocycles. The third-order valence-electron chi connectivity index (χ3n) is 1.59. The molecule has 0 saturated carbocycles. The smallest absolute Gasteiger partial charge is 0.320 e. The van der Waals surface area contributed by atoms with Gasteiger partial charge in [0.05, 0.1) is 0 Å². The molecule has 72 valence electrons. The van der Waals surface area contributed by atoms with E-state index in [4.69, 9.17) is 5.11 Å². The molecule has 0 aromatic rings. The van der Waals surface area contributed by atoms with Crippen LogP contribution in [0.5, 0.6) is 0 Å². The van der Waals surface area contributed by atoms with Crippen molar-refractivity contribution in [3.63, 3.8) is 0 Å². The second kappa shape index (κ2) is 4.45. The second-order valence-corrected chi connectivity index (χ2v) is 4.24. The van der Waals surface area contributed by atoms with Crippen molar-refractivity contribution in [1.29, 1.82) is 0 Å². The average Bonchev–Trinajstić information content (AvgIpc) is 1.85. The van der Waals surface area contributed by atoms with Gasteiger partial charge in [-0.15, -0.1) is 0 Å². The molecule has 2 N–H and O–H groups in total. The minimum Gasteiger partial charge on any atom is -0.480 e. The Balaban J connectivity index is 3.81. The van der Waals surface area contributed by atoms with Crippen LogP contribution in [0.4, 0.5) is 0 Å². The van der Waals surface area contributed by atoms with Gasteiger partial charge in [0.25, 0.3) is 0 Å². The van der Waals surface area contributed by atoms with Gasteiger partial charge in [-0.2, -0.15) is 0 Å². The van der Waals surface area contributed by atoms with Crippen molar-refractivity contribution in [3.05, 3.63) is 0 Å². The summed E-state index contributed by atoms with van der Waals surface area (Å²) in [5.74, 6) is -0.762. The lowest BCUT2D eigenvalue weighted by Gasteiger charge is -2.21. The highest BCUT2D eigenvalue weighted by molar-refractivity contribution is 5.73. The number of rotatable bonds is 4. The van der Waals surface area contributed by atoms with E-state index in [2.05, 4.69) is 26.1 Å². The van der Waals surface area contributed by atoms with E-state index in [1.807, 2.05) is 6.92 Å². The van der Waals surface area contributed by atoms with Gasteiger partial charge in [-0.25, -0.2) is 0 Å². The predicted octanol–water partition coefficient (Wildman–Crippen LogP) is 1.49. The molecule has 1 unspecified atom stereocenters. The SMILES string of the molecule is CCC(NCC(C)(C)C)C(=O)O. The van der Waals surface area contributed by atoms with Crippen molar-refractivity contribution in [3.8, 4) is 0 Å². The highest BCUT2D eigenvalue weighted by atomic mass is 16.4. The monoisotopic (exact) mass is 173 g/mol. The summed E-state index contributed by atoms with van der Waals surface area (Å²) in [6.07, 6.45) is 0.630. The van der Waals surface area contributed by atoms with Crippen LogP contribution in [0.25, 0.3) is 0 Å². The summed E-state index contributed by atoms with van der Waals surface area (Å²) in [4.78, 5) is 10.6. The molecule has 3 nitrogen and oxygen atoms in total. The Morgan fingerprint density at radius 3 is 2.25 bits per heavy atom. The van der Waals surface area contributed by atoms with Crippen LogP contribution >= 0.6 is 0 Å². The van der Waals surface area contributed by atoms with Crippen LogP contribution in [-0.2, 0) is 4.79 Å². The maximum Gasteiger partial charge on any atom is 0.320 e. The number of nitrogens with one attached hydrogen (secondary N) is 1. The summed E-state index contributed by atoms with van der Waals surface area (Å²) in [6, 6.07) is -0.399. The van der Waals surface area contributed by atoms with E-state index >= 15 is 0 Å². The lowest BCUT2D eigenvalue weighted by molar-refractivity contribution is -0.139. The van der Waals surface area contributed by atoms with Crippen molar-refractivity contribution in [1.82, 2.24) is 5.32 Å². The molecule has 0 aliphatic heterocycles. The zero-order chi connectivity index (χ0) is 9.78. The minimum absolute atomic E-state index is 0.142. The molecule has 0 aromatic heterocycles. The zero-order valence-corrected chi connectivity index (χ0v) is 8.35. The van der Waals surface area contributed by atoms with Crippen LogP contribution in [0, 0.1) is 5.41 Å². The quantitative estimate of drug-likeness (QED) is 0.677. The minimum atomic E-state index is -0.762. The molecule has 0 spiro atoms. The molecule has 0 saturated heterocycles. The average molecular weight is 173 g/mol. The largest absolute Gasteiger partial charge is 0.480 e. The Kier molecular flexibility index (Phi) is 4.24. The molecule has 0 bridgehead atoms. The summed E-state index contributed by atoms with van der Waals surface area (Å²) < 4.78 is 0. The van der Waals surface area contributed by atoms with Gasteiger partial charge in [-0.1, -0.05) is 27.7 Å². The maximum absolute atomic E-state index is 10.6. The van der Waals surface area contributed by atoms with Crippen molar-refractivity contribution >= 4 is 5.97 Å². The van der Waals surface area contributed by atoms with E-state index in [9.17, 15) is 4.79 Å². The highest BCUT2D eigenvalue weighted by Crippen LogP contribution is 2.11. The molecule has 1 atom stereocenters. The number of carboxylic acids is 1. The van der Waals surface area contributed by atoms with E-state index in [1.54, 1.807) is 0 Å². The van der Waals surface area contributed by atoms with Gasteiger partial charge in [0.2, 0.25) is 0 Å². The summed E-state index contributed by atoms with van der Waals surface area (Å²) >= 11 is 0. The maximum atomic E-state index is 10.6. The van der Waals surface area contributed by atoms with Gasteiger partial charge >= 0.3 is 5.97 Å². The van der Waals surface area contributed by atoms with E-state index in [0.717, 1.165) is 6.54 Å². The third kappa shape index (κ3) is 5.13. The van der Waals surface area contributed by atoms with Crippen molar-refractivity contribution in [2.45, 2.75) is 40.2 Å². The molecule has 0 radical (unpaired) electrons. The Hall–Kier alpha value is -0.570. The lowest BCUT2D eigenvalue weighted by Crippen LogP contribution is -2.40. The standard InChI is InChI=1S/C9H19NO2/c1-5-7(8(11)12)10-6-9(2,3)4/h7,10H,5-6H2,1-4H3,(H,11,12). The molecule has 0 aliphatic rings. The summed E-state index contributed by atoms with van der Waals surface area (Å²) in [5, 5.41) is 11.7. The predicted molar refractivity (Wildman–Crippen MR) is 49.2 cm³/mol. The molecule has 12 heavy (non-hydrogen) atoms. The summed E-state index contributed by atoms with van der Waals surface area (Å²) in [6.45, 7) is 8.84. The number of carbonyl (C=O) groups is 1. The van der Waals surface area contributed by atoms with Crippen molar-refractivity contribution < 1.29 is 9.90 Å². The van der Waals surface area contributed by atoms with Crippen LogP contribution in [0.15, 0.2) is 0 Å². The molecule has 0 amide bonds. The molecular weight excluding hydrogens is 154 g/mol. The topological polar surface area (TPSA) is 49.3 Å². The third-order valence-corrected chi connectivity index (χ3v) is 1.59. The van der Waals surface area contributed by atoms with Crippen molar-refractivity contribution in [2.75, 3.05) is 6.54 Å². The Bertz CT molecular complexity index is 149. The number of hydrogen-bond donors (Lipinski definition) is 2. The van der Waals surface area contributed by atoms with Gasteiger partial charge < -0.3 is 10.4 Å². The first kappa shape index (κ1) is 11.4. The molecule has 3 heteroatoms. The summed E-state index contributed by atoms with van der Waals surface area (Å²) in [7, 11) is 0.